The molecule has 0 unspecified atom stereocenters. The summed E-state index contributed by atoms with van der Waals surface area (Å²) in [6.45, 7) is 3.07. The smallest absolute Gasteiger partial charge is 0.145 e. The summed E-state index contributed by atoms with van der Waals surface area (Å²) in [6.07, 6.45) is 0.929. The van der Waals surface area contributed by atoms with Crippen molar-refractivity contribution in [3.8, 4) is 6.07 Å². The van der Waals surface area contributed by atoms with Gasteiger partial charge in [0, 0.05) is 13.7 Å². The van der Waals surface area contributed by atoms with Gasteiger partial charge in [0.05, 0.1) is 6.61 Å². The fraction of sp³-hybridized carbons (Fsp3) is 0.556. The van der Waals surface area contributed by atoms with Crippen molar-refractivity contribution in [1.82, 2.24) is 9.78 Å². The number of rotatable bonds is 4. The van der Waals surface area contributed by atoms with Crippen molar-refractivity contribution in [1.29, 1.82) is 5.26 Å². The second-order valence-corrected chi connectivity index (χ2v) is 3.24. The van der Waals surface area contributed by atoms with E-state index in [9.17, 15) is 0 Å². The Morgan fingerprint density at radius 3 is 2.86 bits per heavy atom. The first-order chi connectivity index (χ1) is 6.74. The summed E-state index contributed by atoms with van der Waals surface area (Å²) >= 11 is 5.97. The van der Waals surface area contributed by atoms with Crippen molar-refractivity contribution < 1.29 is 4.74 Å². The lowest BCUT2D eigenvalue weighted by Crippen LogP contribution is -2.00. The lowest BCUT2D eigenvalue weighted by molar-refractivity contribution is 0.180. The lowest BCUT2D eigenvalue weighted by atomic mass is 10.3. The molecule has 0 fully saturated rings. The highest BCUT2D eigenvalue weighted by atomic mass is 35.5. The van der Waals surface area contributed by atoms with E-state index >= 15 is 0 Å². The Kier molecular flexibility index (Phi) is 3.93. The summed E-state index contributed by atoms with van der Waals surface area (Å²) in [5.41, 5.74) is 1.02. The van der Waals surface area contributed by atoms with Crippen LogP contribution in [0.3, 0.4) is 0 Å². The minimum Gasteiger partial charge on any atom is -0.378 e. The third kappa shape index (κ3) is 2.06. The molecule has 4 nitrogen and oxygen atoms in total. The first kappa shape index (κ1) is 11.0. The lowest BCUT2D eigenvalue weighted by Gasteiger charge is -1.97. The van der Waals surface area contributed by atoms with E-state index in [0.29, 0.717) is 23.0 Å². The van der Waals surface area contributed by atoms with Crippen molar-refractivity contribution in [2.24, 2.45) is 0 Å². The van der Waals surface area contributed by atoms with Gasteiger partial charge in [-0.1, -0.05) is 18.5 Å². The van der Waals surface area contributed by atoms with E-state index in [1.807, 2.05) is 13.0 Å². The van der Waals surface area contributed by atoms with Crippen LogP contribution in [0.5, 0.6) is 0 Å². The zero-order valence-corrected chi connectivity index (χ0v) is 9.01. The molecule has 1 aromatic heterocycles. The van der Waals surface area contributed by atoms with E-state index < -0.39 is 0 Å². The second-order valence-electron chi connectivity index (χ2n) is 2.88. The number of nitrogens with zero attached hydrogens (tertiary/aromatic N) is 3. The zero-order valence-electron chi connectivity index (χ0n) is 8.25. The molecule has 1 rings (SSSR count). The van der Waals surface area contributed by atoms with E-state index in [-0.39, 0.29) is 0 Å². The Labute approximate surface area is 88.0 Å². The van der Waals surface area contributed by atoms with Crippen LogP contribution in [-0.4, -0.2) is 16.9 Å². The molecule has 5 heteroatoms. The van der Waals surface area contributed by atoms with Gasteiger partial charge in [0.25, 0.3) is 0 Å². The molecule has 0 aromatic carbocycles. The van der Waals surface area contributed by atoms with E-state index in [4.69, 9.17) is 21.6 Å². The summed E-state index contributed by atoms with van der Waals surface area (Å²) in [5.74, 6) is 0. The van der Waals surface area contributed by atoms with E-state index in [1.165, 1.54) is 0 Å². The molecule has 0 saturated heterocycles. The maximum atomic E-state index is 8.86. The van der Waals surface area contributed by atoms with Crippen LogP contribution in [0.15, 0.2) is 0 Å². The van der Waals surface area contributed by atoms with Gasteiger partial charge in [-0.3, -0.25) is 4.68 Å². The van der Waals surface area contributed by atoms with Crippen molar-refractivity contribution in [2.45, 2.75) is 26.5 Å². The van der Waals surface area contributed by atoms with Crippen molar-refractivity contribution in [3.63, 3.8) is 0 Å². The molecule has 76 valence electrons. The molecule has 1 aromatic rings. The molecule has 0 spiro atoms. The number of ether oxygens (including phenoxy) is 1. The molecule has 0 saturated carbocycles. The Morgan fingerprint density at radius 2 is 2.36 bits per heavy atom. The molecule has 0 bridgehead atoms. The van der Waals surface area contributed by atoms with Gasteiger partial charge in [-0.05, 0) is 6.42 Å². The highest BCUT2D eigenvalue weighted by molar-refractivity contribution is 6.30. The van der Waals surface area contributed by atoms with Crippen LogP contribution in [0.25, 0.3) is 0 Å². The first-order valence-electron chi connectivity index (χ1n) is 4.38. The number of hydrogen-bond donors (Lipinski definition) is 0. The van der Waals surface area contributed by atoms with Crippen LogP contribution in [0.2, 0.25) is 5.15 Å². The highest BCUT2D eigenvalue weighted by Gasteiger charge is 2.14. The van der Waals surface area contributed by atoms with Gasteiger partial charge >= 0.3 is 0 Å². The molecule has 0 amide bonds. The predicted octanol–water partition coefficient (Wildman–Crippen LogP) is 1.96. The molecule has 0 aliphatic rings. The SMILES string of the molecule is CCCn1nc(COC)c(C#N)c1Cl. The fourth-order valence-corrected chi connectivity index (χ4v) is 1.47. The topological polar surface area (TPSA) is 50.8 Å². The largest absolute Gasteiger partial charge is 0.378 e. The Hall–Kier alpha value is -1.05. The quantitative estimate of drug-likeness (QED) is 0.769. The normalized spacial score (nSPS) is 10.1. The molecule has 0 atom stereocenters. The summed E-state index contributed by atoms with van der Waals surface area (Å²) < 4.78 is 6.56. The van der Waals surface area contributed by atoms with Gasteiger partial charge in [0.1, 0.15) is 22.5 Å². The van der Waals surface area contributed by atoms with Crippen molar-refractivity contribution in [3.05, 3.63) is 16.4 Å². The highest BCUT2D eigenvalue weighted by Crippen LogP contribution is 2.19. The maximum Gasteiger partial charge on any atom is 0.145 e. The summed E-state index contributed by atoms with van der Waals surface area (Å²) in [5, 5.41) is 13.5. The molecular weight excluding hydrogens is 202 g/mol. The molecule has 1 heterocycles. The van der Waals surface area contributed by atoms with Crippen LogP contribution in [0.1, 0.15) is 24.6 Å². The average molecular weight is 214 g/mol. The van der Waals surface area contributed by atoms with Gasteiger partial charge < -0.3 is 4.74 Å². The van der Waals surface area contributed by atoms with Crippen molar-refractivity contribution >= 4 is 11.6 Å². The summed E-state index contributed by atoms with van der Waals surface area (Å²) in [7, 11) is 1.56. The maximum absolute atomic E-state index is 8.86. The number of aryl methyl sites for hydroxylation is 1. The third-order valence-electron chi connectivity index (χ3n) is 1.79. The van der Waals surface area contributed by atoms with Crippen LogP contribution in [0.4, 0.5) is 0 Å². The van der Waals surface area contributed by atoms with Gasteiger partial charge in [-0.25, -0.2) is 0 Å². The number of nitriles is 1. The third-order valence-corrected chi connectivity index (χ3v) is 2.18. The number of halogens is 1. The van der Waals surface area contributed by atoms with E-state index in [2.05, 4.69) is 5.10 Å². The van der Waals surface area contributed by atoms with Gasteiger partial charge in [-0.15, -0.1) is 0 Å². The standard InChI is InChI=1S/C9H12ClN3O/c1-3-4-13-9(10)7(5-11)8(12-13)6-14-2/h3-4,6H2,1-2H3. The van der Waals surface area contributed by atoms with Crippen LogP contribution < -0.4 is 0 Å². The second kappa shape index (κ2) is 4.99. The Balaban J connectivity index is 3.06. The molecule has 0 aliphatic carbocycles. The minimum absolute atomic E-state index is 0.319. The average Bonchev–Trinajstić information content (AvgIpc) is 2.45. The number of aromatic nitrogens is 2. The van der Waals surface area contributed by atoms with Gasteiger partial charge in [0.2, 0.25) is 0 Å². The monoisotopic (exact) mass is 213 g/mol. The summed E-state index contributed by atoms with van der Waals surface area (Å²) in [6, 6.07) is 2.03. The molecule has 0 radical (unpaired) electrons. The summed E-state index contributed by atoms with van der Waals surface area (Å²) in [4.78, 5) is 0. The van der Waals surface area contributed by atoms with Crippen LogP contribution >= 0.6 is 11.6 Å². The number of hydrogen-bond acceptors (Lipinski definition) is 3. The van der Waals surface area contributed by atoms with Gasteiger partial charge in [-0.2, -0.15) is 10.4 Å². The molecule has 0 aliphatic heterocycles. The fourth-order valence-electron chi connectivity index (χ4n) is 1.20. The van der Waals surface area contributed by atoms with E-state index in [1.54, 1.807) is 11.8 Å². The molecular formula is C9H12ClN3O. The van der Waals surface area contributed by atoms with E-state index in [0.717, 1.165) is 13.0 Å². The molecule has 14 heavy (non-hydrogen) atoms. The Morgan fingerprint density at radius 1 is 1.64 bits per heavy atom. The van der Waals surface area contributed by atoms with Crippen LogP contribution in [-0.2, 0) is 17.9 Å². The molecule has 0 N–H and O–H groups in total. The predicted molar refractivity (Wildman–Crippen MR) is 53.0 cm³/mol. The zero-order chi connectivity index (χ0) is 10.6. The number of methoxy groups -OCH3 is 1. The Bertz CT molecular complexity index is 354. The first-order valence-corrected chi connectivity index (χ1v) is 4.76. The van der Waals surface area contributed by atoms with Crippen LogP contribution in [0, 0.1) is 11.3 Å². The van der Waals surface area contributed by atoms with Gasteiger partial charge in [0.15, 0.2) is 0 Å². The minimum atomic E-state index is 0.319. The van der Waals surface area contributed by atoms with Crippen molar-refractivity contribution in [2.75, 3.05) is 7.11 Å².